The van der Waals surface area contributed by atoms with Crippen LogP contribution in [0, 0.1) is 5.41 Å². The van der Waals surface area contributed by atoms with E-state index in [4.69, 9.17) is 10.8 Å². The SMILES string of the molecule is CC(C)(C)C[C@@H](N)CC(=O)O. The first kappa shape index (κ1) is 10.4. The Balaban J connectivity index is 3.69. The van der Waals surface area contributed by atoms with E-state index >= 15 is 0 Å². The summed E-state index contributed by atoms with van der Waals surface area (Å²) in [5, 5.41) is 8.40. The molecule has 3 heteroatoms. The predicted octanol–water partition coefficient (Wildman–Crippen LogP) is 1.22. The summed E-state index contributed by atoms with van der Waals surface area (Å²) in [5.41, 5.74) is 5.70. The van der Waals surface area contributed by atoms with Gasteiger partial charge in [-0.3, -0.25) is 4.79 Å². The molecule has 0 amide bonds. The minimum Gasteiger partial charge on any atom is -0.481 e. The third-order valence-electron chi connectivity index (χ3n) is 1.31. The zero-order chi connectivity index (χ0) is 9.07. The number of hydrogen-bond donors (Lipinski definition) is 2. The lowest BCUT2D eigenvalue weighted by molar-refractivity contribution is -0.137. The average molecular weight is 159 g/mol. The van der Waals surface area contributed by atoms with Crippen LogP contribution >= 0.6 is 0 Å². The Bertz CT molecular complexity index is 138. The molecular weight excluding hydrogens is 142 g/mol. The van der Waals surface area contributed by atoms with Gasteiger partial charge in [0.05, 0.1) is 6.42 Å². The minimum absolute atomic E-state index is 0.0667. The van der Waals surface area contributed by atoms with Crippen molar-refractivity contribution in [3.63, 3.8) is 0 Å². The van der Waals surface area contributed by atoms with Crippen molar-refractivity contribution in [1.29, 1.82) is 0 Å². The van der Waals surface area contributed by atoms with Crippen LogP contribution in [0.25, 0.3) is 0 Å². The molecule has 0 saturated heterocycles. The average Bonchev–Trinajstić information content (AvgIpc) is 1.53. The van der Waals surface area contributed by atoms with Gasteiger partial charge in [0.15, 0.2) is 0 Å². The van der Waals surface area contributed by atoms with Gasteiger partial charge in [-0.1, -0.05) is 20.8 Å². The Hall–Kier alpha value is -0.570. The van der Waals surface area contributed by atoms with Gasteiger partial charge in [-0.25, -0.2) is 0 Å². The molecule has 0 aromatic rings. The molecule has 0 fully saturated rings. The third kappa shape index (κ3) is 7.33. The molecule has 0 aliphatic carbocycles. The van der Waals surface area contributed by atoms with Crippen molar-refractivity contribution < 1.29 is 9.90 Å². The molecule has 0 unspecified atom stereocenters. The van der Waals surface area contributed by atoms with Gasteiger partial charge in [0.2, 0.25) is 0 Å². The number of carboxylic acid groups (broad SMARTS) is 1. The number of hydrogen-bond acceptors (Lipinski definition) is 2. The number of carboxylic acids is 1. The molecule has 0 aromatic heterocycles. The van der Waals surface area contributed by atoms with Gasteiger partial charge in [-0.15, -0.1) is 0 Å². The molecule has 0 heterocycles. The van der Waals surface area contributed by atoms with Gasteiger partial charge in [-0.2, -0.15) is 0 Å². The number of rotatable bonds is 3. The number of nitrogens with two attached hydrogens (primary N) is 1. The van der Waals surface area contributed by atoms with Gasteiger partial charge in [0.25, 0.3) is 0 Å². The van der Waals surface area contributed by atoms with Crippen molar-refractivity contribution in [2.75, 3.05) is 0 Å². The first-order valence-electron chi connectivity index (χ1n) is 3.78. The van der Waals surface area contributed by atoms with Gasteiger partial charge in [0, 0.05) is 6.04 Å². The highest BCUT2D eigenvalue weighted by molar-refractivity contribution is 5.67. The van der Waals surface area contributed by atoms with E-state index in [2.05, 4.69) is 20.8 Å². The van der Waals surface area contributed by atoms with Gasteiger partial charge >= 0.3 is 5.97 Å². The molecular formula is C8H17NO2. The van der Waals surface area contributed by atoms with E-state index in [0.717, 1.165) is 6.42 Å². The molecule has 11 heavy (non-hydrogen) atoms. The lowest BCUT2D eigenvalue weighted by Crippen LogP contribution is -2.28. The molecule has 0 spiro atoms. The standard InChI is InChI=1S/C8H17NO2/c1-8(2,3)5-6(9)4-7(10)11/h6H,4-5,9H2,1-3H3,(H,10,11)/t6-/m0/s1. The fourth-order valence-corrected chi connectivity index (χ4v) is 1.08. The molecule has 3 nitrogen and oxygen atoms in total. The highest BCUT2D eigenvalue weighted by atomic mass is 16.4. The summed E-state index contributed by atoms with van der Waals surface area (Å²) >= 11 is 0. The lowest BCUT2D eigenvalue weighted by atomic mass is 9.87. The van der Waals surface area contributed by atoms with E-state index < -0.39 is 5.97 Å². The summed E-state index contributed by atoms with van der Waals surface area (Å²) in [5.74, 6) is -0.818. The number of aliphatic carboxylic acids is 1. The molecule has 0 aliphatic heterocycles. The third-order valence-corrected chi connectivity index (χ3v) is 1.31. The van der Waals surface area contributed by atoms with Crippen molar-refractivity contribution >= 4 is 5.97 Å². The summed E-state index contributed by atoms with van der Waals surface area (Å²) < 4.78 is 0. The van der Waals surface area contributed by atoms with E-state index in [1.165, 1.54) is 0 Å². The fraction of sp³-hybridized carbons (Fsp3) is 0.875. The largest absolute Gasteiger partial charge is 0.481 e. The Morgan fingerprint density at radius 1 is 1.55 bits per heavy atom. The fourth-order valence-electron chi connectivity index (χ4n) is 1.08. The van der Waals surface area contributed by atoms with Crippen molar-refractivity contribution in [3.05, 3.63) is 0 Å². The number of carbonyl (C=O) groups is 1. The van der Waals surface area contributed by atoms with Crippen LogP contribution in [-0.4, -0.2) is 17.1 Å². The first-order valence-corrected chi connectivity index (χ1v) is 3.78. The second-order valence-corrected chi connectivity index (χ2v) is 4.12. The maximum Gasteiger partial charge on any atom is 0.304 e. The first-order chi connectivity index (χ1) is 4.81. The maximum atomic E-state index is 10.2. The van der Waals surface area contributed by atoms with Crippen molar-refractivity contribution in [2.45, 2.75) is 39.7 Å². The molecule has 3 N–H and O–H groups in total. The van der Waals surface area contributed by atoms with Crippen LogP contribution in [0.5, 0.6) is 0 Å². The molecule has 0 rings (SSSR count). The summed E-state index contributed by atoms with van der Waals surface area (Å²) in [6.07, 6.45) is 0.816. The van der Waals surface area contributed by atoms with Crippen LogP contribution in [0.3, 0.4) is 0 Å². The normalized spacial score (nSPS) is 14.5. The molecule has 1 atom stereocenters. The Labute approximate surface area is 67.6 Å². The van der Waals surface area contributed by atoms with Crippen LogP contribution in [0.2, 0.25) is 0 Å². The summed E-state index contributed by atoms with van der Waals surface area (Å²) in [7, 11) is 0. The Kier molecular flexibility index (Phi) is 3.52. The minimum atomic E-state index is -0.818. The predicted molar refractivity (Wildman–Crippen MR) is 44.3 cm³/mol. The summed E-state index contributed by atoms with van der Waals surface area (Å²) in [4.78, 5) is 10.2. The second-order valence-electron chi connectivity index (χ2n) is 4.12. The zero-order valence-electron chi connectivity index (χ0n) is 7.42. The smallest absolute Gasteiger partial charge is 0.304 e. The van der Waals surface area contributed by atoms with Crippen molar-refractivity contribution in [3.8, 4) is 0 Å². The monoisotopic (exact) mass is 159 g/mol. The molecule has 0 saturated carbocycles. The van der Waals surface area contributed by atoms with Crippen LogP contribution in [0.1, 0.15) is 33.6 Å². The molecule has 0 bridgehead atoms. The van der Waals surface area contributed by atoms with E-state index in [-0.39, 0.29) is 17.9 Å². The molecule has 66 valence electrons. The van der Waals surface area contributed by atoms with Crippen molar-refractivity contribution in [2.24, 2.45) is 11.1 Å². The van der Waals surface area contributed by atoms with Gasteiger partial charge < -0.3 is 10.8 Å². The summed E-state index contributed by atoms with van der Waals surface area (Å²) in [6, 6.07) is -0.215. The Morgan fingerprint density at radius 2 is 2.00 bits per heavy atom. The van der Waals surface area contributed by atoms with E-state index in [0.29, 0.717) is 0 Å². The van der Waals surface area contributed by atoms with Crippen LogP contribution in [0.4, 0.5) is 0 Å². The second kappa shape index (κ2) is 3.72. The Morgan fingerprint density at radius 3 is 2.27 bits per heavy atom. The van der Waals surface area contributed by atoms with Crippen LogP contribution in [-0.2, 0) is 4.79 Å². The summed E-state index contributed by atoms with van der Waals surface area (Å²) in [6.45, 7) is 6.15. The molecule has 0 radical (unpaired) electrons. The maximum absolute atomic E-state index is 10.2. The lowest BCUT2D eigenvalue weighted by Gasteiger charge is -2.21. The zero-order valence-corrected chi connectivity index (χ0v) is 7.42. The van der Waals surface area contributed by atoms with E-state index in [9.17, 15) is 4.79 Å². The van der Waals surface area contributed by atoms with Crippen LogP contribution < -0.4 is 5.73 Å². The van der Waals surface area contributed by atoms with Gasteiger partial charge in [0.1, 0.15) is 0 Å². The highest BCUT2D eigenvalue weighted by Crippen LogP contribution is 2.20. The molecule has 0 aromatic carbocycles. The molecule has 0 aliphatic rings. The van der Waals surface area contributed by atoms with Crippen molar-refractivity contribution in [1.82, 2.24) is 0 Å². The van der Waals surface area contributed by atoms with Crippen LogP contribution in [0.15, 0.2) is 0 Å². The highest BCUT2D eigenvalue weighted by Gasteiger charge is 2.17. The van der Waals surface area contributed by atoms with Gasteiger partial charge in [-0.05, 0) is 11.8 Å². The quantitative estimate of drug-likeness (QED) is 0.651. The van der Waals surface area contributed by atoms with E-state index in [1.54, 1.807) is 0 Å². The van der Waals surface area contributed by atoms with E-state index in [1.807, 2.05) is 0 Å². The topological polar surface area (TPSA) is 63.3 Å².